The lowest BCUT2D eigenvalue weighted by Crippen LogP contribution is -2.28. The van der Waals surface area contributed by atoms with E-state index in [9.17, 15) is 22.4 Å². The molecule has 1 aliphatic heterocycles. The summed E-state index contributed by atoms with van der Waals surface area (Å²) in [7, 11) is 0. The highest BCUT2D eigenvalue weighted by molar-refractivity contribution is 7.09. The maximum atomic E-state index is 13.2. The largest absolute Gasteiger partial charge is 0.416 e. The first kappa shape index (κ1) is 17.7. The van der Waals surface area contributed by atoms with Gasteiger partial charge in [0.25, 0.3) is 0 Å². The molecule has 3 rings (SSSR count). The van der Waals surface area contributed by atoms with Crippen molar-refractivity contribution in [1.29, 1.82) is 0 Å². The van der Waals surface area contributed by atoms with Crippen molar-refractivity contribution in [2.24, 2.45) is 4.99 Å². The second kappa shape index (κ2) is 6.62. The van der Waals surface area contributed by atoms with E-state index in [1.165, 1.54) is 28.4 Å². The van der Waals surface area contributed by atoms with Crippen LogP contribution in [-0.4, -0.2) is 34.8 Å². The smallest absolute Gasteiger partial charge is 0.320 e. The molecule has 2 heterocycles. The molecule has 0 radical (unpaired) electrons. The van der Waals surface area contributed by atoms with Gasteiger partial charge in [-0.25, -0.2) is 9.18 Å². The predicted octanol–water partition coefficient (Wildman–Crippen LogP) is 3.93. The Bertz CT molecular complexity index is 838. The molecule has 1 atom stereocenters. The van der Waals surface area contributed by atoms with Gasteiger partial charge in [-0.3, -0.25) is 4.57 Å². The van der Waals surface area contributed by atoms with Crippen LogP contribution in [0.15, 0.2) is 35.5 Å². The summed E-state index contributed by atoms with van der Waals surface area (Å²) in [6.45, 7) is 2.14. The number of benzene rings is 1. The average molecular weight is 373 g/mol. The van der Waals surface area contributed by atoms with Crippen molar-refractivity contribution < 1.29 is 22.4 Å². The summed E-state index contributed by atoms with van der Waals surface area (Å²) in [5.41, 5.74) is -0.280. The van der Waals surface area contributed by atoms with Gasteiger partial charge in [0, 0.05) is 23.3 Å². The lowest BCUT2D eigenvalue weighted by molar-refractivity contribution is -0.137. The minimum absolute atomic E-state index is 0.0208. The molecule has 2 amide bonds. The zero-order valence-electron chi connectivity index (χ0n) is 13.3. The number of hydrogen-bond donors (Lipinski definition) is 0. The van der Waals surface area contributed by atoms with Crippen molar-refractivity contribution in [3.8, 4) is 5.69 Å². The van der Waals surface area contributed by atoms with Gasteiger partial charge in [0.15, 0.2) is 4.80 Å². The highest BCUT2D eigenvalue weighted by atomic mass is 32.1. The fourth-order valence-corrected chi connectivity index (χ4v) is 3.40. The summed E-state index contributed by atoms with van der Waals surface area (Å²) in [6, 6.07) is 4.07. The number of urea groups is 1. The van der Waals surface area contributed by atoms with Gasteiger partial charge in [0.1, 0.15) is 6.17 Å². The van der Waals surface area contributed by atoms with Gasteiger partial charge in [0.05, 0.1) is 12.1 Å². The van der Waals surface area contributed by atoms with E-state index in [0.29, 0.717) is 23.5 Å². The van der Waals surface area contributed by atoms with Gasteiger partial charge in [0.2, 0.25) is 0 Å². The Hall–Kier alpha value is -2.16. The fourth-order valence-electron chi connectivity index (χ4n) is 2.57. The average Bonchev–Trinajstić information content (AvgIpc) is 3.12. The summed E-state index contributed by atoms with van der Waals surface area (Å²) < 4.78 is 52.8. The van der Waals surface area contributed by atoms with E-state index in [2.05, 4.69) is 4.99 Å². The Morgan fingerprint density at radius 3 is 2.52 bits per heavy atom. The number of carbonyl (C=O) groups is 1. The van der Waals surface area contributed by atoms with Crippen LogP contribution in [0.1, 0.15) is 16.9 Å². The van der Waals surface area contributed by atoms with Crippen molar-refractivity contribution in [2.75, 3.05) is 13.1 Å². The molecule has 1 aromatic carbocycles. The second-order valence-corrected chi connectivity index (χ2v) is 6.98. The first-order valence-corrected chi connectivity index (χ1v) is 8.40. The summed E-state index contributed by atoms with van der Waals surface area (Å²) in [6.07, 6.45) is -3.45. The zero-order chi connectivity index (χ0) is 18.2. The zero-order valence-corrected chi connectivity index (χ0v) is 14.1. The number of halogens is 4. The number of aryl methyl sites for hydroxylation is 1. The molecule has 25 heavy (non-hydrogen) atoms. The number of amides is 2. The van der Waals surface area contributed by atoms with Crippen LogP contribution in [0.25, 0.3) is 5.69 Å². The van der Waals surface area contributed by atoms with E-state index in [4.69, 9.17) is 0 Å². The van der Waals surface area contributed by atoms with Crippen molar-refractivity contribution in [3.05, 3.63) is 45.7 Å². The van der Waals surface area contributed by atoms with Gasteiger partial charge >= 0.3 is 12.2 Å². The third-order valence-corrected chi connectivity index (χ3v) is 4.73. The SMILES string of the molecule is Cc1cn(-c2ccc(C(F)(F)F)cc2)c(=NC(=O)N2CC[C@@H](F)C2)s1. The molecule has 1 saturated heterocycles. The monoisotopic (exact) mass is 373 g/mol. The quantitative estimate of drug-likeness (QED) is 0.698. The second-order valence-electron chi connectivity index (χ2n) is 5.77. The molecular formula is C16H15F4N3OS. The summed E-state index contributed by atoms with van der Waals surface area (Å²) in [5, 5.41) is 0. The minimum atomic E-state index is -4.41. The van der Waals surface area contributed by atoms with Gasteiger partial charge in [-0.05, 0) is 37.6 Å². The van der Waals surface area contributed by atoms with Gasteiger partial charge in [-0.1, -0.05) is 0 Å². The first-order valence-electron chi connectivity index (χ1n) is 7.58. The van der Waals surface area contributed by atoms with Crippen molar-refractivity contribution in [2.45, 2.75) is 25.7 Å². The molecule has 1 aliphatic rings. The number of hydrogen-bond acceptors (Lipinski definition) is 2. The Labute approximate surface area is 145 Å². The number of alkyl halides is 4. The lowest BCUT2D eigenvalue weighted by atomic mass is 10.2. The van der Waals surface area contributed by atoms with Crippen molar-refractivity contribution in [3.63, 3.8) is 0 Å². The number of nitrogens with zero attached hydrogens (tertiary/aromatic N) is 3. The van der Waals surface area contributed by atoms with Crippen LogP contribution in [0.3, 0.4) is 0 Å². The third kappa shape index (κ3) is 3.92. The maximum absolute atomic E-state index is 13.2. The minimum Gasteiger partial charge on any atom is -0.320 e. The Kier molecular flexibility index (Phi) is 4.68. The third-order valence-electron chi connectivity index (χ3n) is 3.83. The van der Waals surface area contributed by atoms with Crippen LogP contribution in [0, 0.1) is 6.92 Å². The molecule has 2 aromatic rings. The molecule has 1 fully saturated rings. The molecule has 0 aliphatic carbocycles. The molecule has 9 heteroatoms. The molecule has 1 aromatic heterocycles. The van der Waals surface area contributed by atoms with E-state index in [-0.39, 0.29) is 6.54 Å². The van der Waals surface area contributed by atoms with Crippen LogP contribution in [0.2, 0.25) is 0 Å². The molecule has 0 bridgehead atoms. The lowest BCUT2D eigenvalue weighted by Gasteiger charge is -2.11. The van der Waals surface area contributed by atoms with Crippen LogP contribution in [0.5, 0.6) is 0 Å². The van der Waals surface area contributed by atoms with E-state index >= 15 is 0 Å². The highest BCUT2D eigenvalue weighted by Crippen LogP contribution is 2.29. The number of thiazole rings is 1. The van der Waals surface area contributed by atoms with Crippen LogP contribution in [-0.2, 0) is 6.18 Å². The highest BCUT2D eigenvalue weighted by Gasteiger charge is 2.30. The molecular weight excluding hydrogens is 358 g/mol. The molecule has 4 nitrogen and oxygen atoms in total. The summed E-state index contributed by atoms with van der Waals surface area (Å²) in [4.78, 5) is 18.7. The number of carbonyl (C=O) groups excluding carboxylic acids is 1. The standard InChI is InChI=1S/C16H15F4N3OS/c1-10-8-23(13-4-2-11(3-5-13)16(18,19)20)15(25-10)21-14(24)22-7-6-12(17)9-22/h2-5,8,12H,6-7,9H2,1H3/t12-/m1/s1. The summed E-state index contributed by atoms with van der Waals surface area (Å²) >= 11 is 1.24. The Morgan fingerprint density at radius 2 is 1.96 bits per heavy atom. The molecule has 134 valence electrons. The maximum Gasteiger partial charge on any atom is 0.416 e. The molecule has 0 N–H and O–H groups in total. The molecule has 0 unspecified atom stereocenters. The fraction of sp³-hybridized carbons (Fsp3) is 0.375. The van der Waals surface area contributed by atoms with E-state index in [0.717, 1.165) is 17.0 Å². The van der Waals surface area contributed by atoms with Crippen molar-refractivity contribution >= 4 is 17.4 Å². The van der Waals surface area contributed by atoms with Gasteiger partial charge in [-0.15, -0.1) is 11.3 Å². The van der Waals surface area contributed by atoms with Gasteiger partial charge < -0.3 is 4.90 Å². The number of aromatic nitrogens is 1. The first-order chi connectivity index (χ1) is 11.7. The van der Waals surface area contributed by atoms with E-state index in [1.54, 1.807) is 10.8 Å². The Morgan fingerprint density at radius 1 is 1.28 bits per heavy atom. The normalized spacial score (nSPS) is 18.8. The van der Waals surface area contributed by atoms with Gasteiger partial charge in [-0.2, -0.15) is 18.2 Å². The van der Waals surface area contributed by atoms with E-state index in [1.807, 2.05) is 6.92 Å². The predicted molar refractivity (Wildman–Crippen MR) is 85.4 cm³/mol. The van der Waals surface area contributed by atoms with Crippen molar-refractivity contribution in [1.82, 2.24) is 9.47 Å². The van der Waals surface area contributed by atoms with Crippen LogP contribution < -0.4 is 4.80 Å². The van der Waals surface area contributed by atoms with Crippen LogP contribution in [0.4, 0.5) is 22.4 Å². The topological polar surface area (TPSA) is 37.6 Å². The number of rotatable bonds is 1. The molecule has 0 saturated carbocycles. The molecule has 0 spiro atoms. The van der Waals surface area contributed by atoms with E-state index < -0.39 is 23.9 Å². The van der Waals surface area contributed by atoms with Crippen LogP contribution >= 0.6 is 11.3 Å². The number of likely N-dealkylation sites (tertiary alicyclic amines) is 1. The summed E-state index contributed by atoms with van der Waals surface area (Å²) in [5.74, 6) is 0. The Balaban J connectivity index is 1.93.